The third-order valence-corrected chi connectivity index (χ3v) is 3.06. The lowest BCUT2D eigenvalue weighted by Gasteiger charge is -2.19. The van der Waals surface area contributed by atoms with Gasteiger partial charge in [-0.2, -0.15) is 0 Å². The lowest BCUT2D eigenvalue weighted by atomic mass is 10.2. The van der Waals surface area contributed by atoms with E-state index in [2.05, 4.69) is 48.5 Å². The van der Waals surface area contributed by atoms with Gasteiger partial charge in [0.15, 0.2) is 0 Å². The van der Waals surface area contributed by atoms with Crippen LogP contribution in [0, 0.1) is 0 Å². The van der Waals surface area contributed by atoms with Gasteiger partial charge in [-0.1, -0.05) is 6.07 Å². The molecule has 1 aliphatic heterocycles. The minimum atomic E-state index is 0.474. The zero-order valence-corrected chi connectivity index (χ0v) is 10.1. The summed E-state index contributed by atoms with van der Waals surface area (Å²) < 4.78 is 5.36. The smallest absolute Gasteiger partial charge is 0.0668 e. The van der Waals surface area contributed by atoms with E-state index in [-0.39, 0.29) is 0 Å². The number of hydrogen-bond acceptors (Lipinski definition) is 3. The number of anilines is 2. The van der Waals surface area contributed by atoms with E-state index in [4.69, 9.17) is 4.74 Å². The highest BCUT2D eigenvalue weighted by molar-refractivity contribution is 5.58. The molecule has 0 amide bonds. The molecule has 0 aromatic heterocycles. The lowest BCUT2D eigenvalue weighted by molar-refractivity contribution is 0.195. The third kappa shape index (κ3) is 2.67. The van der Waals surface area contributed by atoms with E-state index < -0.39 is 0 Å². The maximum atomic E-state index is 5.36. The molecule has 3 nitrogen and oxygen atoms in total. The van der Waals surface area contributed by atoms with Crippen molar-refractivity contribution in [1.29, 1.82) is 0 Å². The van der Waals surface area contributed by atoms with Crippen molar-refractivity contribution in [2.75, 3.05) is 37.0 Å². The fraction of sp³-hybridized carbons (Fsp3) is 0.538. The summed E-state index contributed by atoms with van der Waals surface area (Å²) in [5, 5.41) is 3.51. The van der Waals surface area contributed by atoms with Crippen molar-refractivity contribution >= 4 is 11.4 Å². The van der Waals surface area contributed by atoms with E-state index in [1.165, 1.54) is 11.4 Å². The zero-order chi connectivity index (χ0) is 11.4. The SMILES string of the molecule is CCN(C)c1cccc(NC2CCOC2)c1. The second-order valence-electron chi connectivity index (χ2n) is 4.27. The molecule has 1 N–H and O–H groups in total. The van der Waals surface area contributed by atoms with Gasteiger partial charge in [-0.15, -0.1) is 0 Å². The Morgan fingerprint density at radius 3 is 3.06 bits per heavy atom. The Balaban J connectivity index is 2.03. The minimum absolute atomic E-state index is 0.474. The van der Waals surface area contributed by atoms with Gasteiger partial charge in [0.1, 0.15) is 0 Å². The molecular formula is C13H20N2O. The first-order valence-corrected chi connectivity index (χ1v) is 5.95. The second-order valence-corrected chi connectivity index (χ2v) is 4.27. The van der Waals surface area contributed by atoms with Gasteiger partial charge in [0.25, 0.3) is 0 Å². The fourth-order valence-electron chi connectivity index (χ4n) is 1.90. The Kier molecular flexibility index (Phi) is 3.67. The van der Waals surface area contributed by atoms with Crippen LogP contribution >= 0.6 is 0 Å². The average Bonchev–Trinajstić information content (AvgIpc) is 2.81. The van der Waals surface area contributed by atoms with Crippen LogP contribution in [0.15, 0.2) is 24.3 Å². The summed E-state index contributed by atoms with van der Waals surface area (Å²) in [6.45, 7) is 4.89. The molecule has 1 aromatic carbocycles. The molecule has 1 aliphatic rings. The van der Waals surface area contributed by atoms with Crippen LogP contribution in [0.1, 0.15) is 13.3 Å². The molecule has 3 heteroatoms. The maximum absolute atomic E-state index is 5.36. The van der Waals surface area contributed by atoms with Crippen molar-refractivity contribution in [3.05, 3.63) is 24.3 Å². The number of hydrogen-bond donors (Lipinski definition) is 1. The molecule has 1 heterocycles. The number of rotatable bonds is 4. The van der Waals surface area contributed by atoms with Crippen LogP contribution in [0.3, 0.4) is 0 Å². The Bertz CT molecular complexity index is 334. The van der Waals surface area contributed by atoms with Crippen molar-refractivity contribution < 1.29 is 4.74 Å². The van der Waals surface area contributed by atoms with Gasteiger partial charge in [0.05, 0.1) is 12.6 Å². The van der Waals surface area contributed by atoms with Crippen molar-refractivity contribution in [3.8, 4) is 0 Å². The molecule has 0 spiro atoms. The highest BCUT2D eigenvalue weighted by Crippen LogP contribution is 2.20. The Morgan fingerprint density at radius 2 is 2.38 bits per heavy atom. The minimum Gasteiger partial charge on any atom is -0.380 e. The van der Waals surface area contributed by atoms with E-state index >= 15 is 0 Å². The average molecular weight is 220 g/mol. The summed E-state index contributed by atoms with van der Waals surface area (Å²) >= 11 is 0. The van der Waals surface area contributed by atoms with E-state index in [9.17, 15) is 0 Å². The Morgan fingerprint density at radius 1 is 1.50 bits per heavy atom. The molecule has 1 saturated heterocycles. The number of nitrogens with one attached hydrogen (secondary N) is 1. The van der Waals surface area contributed by atoms with Gasteiger partial charge in [0, 0.05) is 31.6 Å². The topological polar surface area (TPSA) is 24.5 Å². The van der Waals surface area contributed by atoms with Gasteiger partial charge >= 0.3 is 0 Å². The third-order valence-electron chi connectivity index (χ3n) is 3.06. The normalized spacial score (nSPS) is 19.8. The number of ether oxygens (including phenoxy) is 1. The predicted octanol–water partition coefficient (Wildman–Crippen LogP) is 2.34. The summed E-state index contributed by atoms with van der Waals surface area (Å²) in [6.07, 6.45) is 1.11. The summed E-state index contributed by atoms with van der Waals surface area (Å²) in [6, 6.07) is 9.02. The number of nitrogens with zero attached hydrogens (tertiary/aromatic N) is 1. The van der Waals surface area contributed by atoms with Crippen molar-refractivity contribution in [2.24, 2.45) is 0 Å². The molecule has 1 aromatic rings. The first kappa shape index (κ1) is 11.3. The molecular weight excluding hydrogens is 200 g/mol. The fourth-order valence-corrected chi connectivity index (χ4v) is 1.90. The van der Waals surface area contributed by atoms with Crippen LogP contribution in [0.25, 0.3) is 0 Å². The van der Waals surface area contributed by atoms with Crippen molar-refractivity contribution in [2.45, 2.75) is 19.4 Å². The van der Waals surface area contributed by atoms with Gasteiger partial charge < -0.3 is 15.0 Å². The van der Waals surface area contributed by atoms with Crippen LogP contribution < -0.4 is 10.2 Å². The molecule has 2 rings (SSSR count). The standard InChI is InChI=1S/C13H20N2O/c1-3-15(2)13-6-4-5-11(9-13)14-12-7-8-16-10-12/h4-6,9,12,14H,3,7-8,10H2,1-2H3. The molecule has 1 unspecified atom stereocenters. The Hall–Kier alpha value is -1.22. The van der Waals surface area contributed by atoms with Crippen LogP contribution in [-0.2, 0) is 4.74 Å². The maximum Gasteiger partial charge on any atom is 0.0668 e. The molecule has 1 atom stereocenters. The van der Waals surface area contributed by atoms with E-state index in [0.29, 0.717) is 6.04 Å². The van der Waals surface area contributed by atoms with Crippen LogP contribution in [0.5, 0.6) is 0 Å². The molecule has 0 saturated carbocycles. The molecule has 0 aliphatic carbocycles. The quantitative estimate of drug-likeness (QED) is 0.843. The van der Waals surface area contributed by atoms with Gasteiger partial charge in [-0.05, 0) is 31.5 Å². The Labute approximate surface area is 97.4 Å². The van der Waals surface area contributed by atoms with E-state index in [1.807, 2.05) is 0 Å². The number of benzene rings is 1. The van der Waals surface area contributed by atoms with Gasteiger partial charge in [-0.25, -0.2) is 0 Å². The largest absolute Gasteiger partial charge is 0.380 e. The summed E-state index contributed by atoms with van der Waals surface area (Å²) in [5.41, 5.74) is 2.44. The summed E-state index contributed by atoms with van der Waals surface area (Å²) in [4.78, 5) is 2.23. The molecule has 16 heavy (non-hydrogen) atoms. The zero-order valence-electron chi connectivity index (χ0n) is 10.1. The van der Waals surface area contributed by atoms with E-state index in [0.717, 1.165) is 26.2 Å². The van der Waals surface area contributed by atoms with E-state index in [1.54, 1.807) is 0 Å². The monoisotopic (exact) mass is 220 g/mol. The highest BCUT2D eigenvalue weighted by atomic mass is 16.5. The molecule has 1 fully saturated rings. The molecule has 0 bridgehead atoms. The molecule has 88 valence electrons. The first-order chi connectivity index (χ1) is 7.79. The van der Waals surface area contributed by atoms with Crippen LogP contribution in [-0.4, -0.2) is 32.8 Å². The summed E-state index contributed by atoms with van der Waals surface area (Å²) in [5.74, 6) is 0. The predicted molar refractivity (Wildman–Crippen MR) is 68.2 cm³/mol. The highest BCUT2D eigenvalue weighted by Gasteiger charge is 2.14. The van der Waals surface area contributed by atoms with Crippen molar-refractivity contribution in [3.63, 3.8) is 0 Å². The van der Waals surface area contributed by atoms with Crippen molar-refractivity contribution in [1.82, 2.24) is 0 Å². The van der Waals surface area contributed by atoms with Gasteiger partial charge in [-0.3, -0.25) is 0 Å². The molecule has 0 radical (unpaired) electrons. The first-order valence-electron chi connectivity index (χ1n) is 5.95. The summed E-state index contributed by atoms with van der Waals surface area (Å²) in [7, 11) is 2.11. The second kappa shape index (κ2) is 5.21. The van der Waals surface area contributed by atoms with Crippen LogP contribution in [0.4, 0.5) is 11.4 Å². The lowest BCUT2D eigenvalue weighted by Crippen LogP contribution is -2.20. The van der Waals surface area contributed by atoms with Gasteiger partial charge in [0.2, 0.25) is 0 Å². The van der Waals surface area contributed by atoms with Crippen LogP contribution in [0.2, 0.25) is 0 Å².